The number of methoxy groups -OCH3 is 1. The molecule has 0 aromatic carbocycles. The summed E-state index contributed by atoms with van der Waals surface area (Å²) in [5.74, 6) is 0. The predicted molar refractivity (Wildman–Crippen MR) is 70.4 cm³/mol. The molecule has 1 heterocycles. The molecule has 0 bridgehead atoms. The van der Waals surface area contributed by atoms with Crippen LogP contribution in [0.5, 0.6) is 0 Å². The first-order chi connectivity index (χ1) is 8.24. The second-order valence-electron chi connectivity index (χ2n) is 4.95. The van der Waals surface area contributed by atoms with Crippen LogP contribution in [0.4, 0.5) is 0 Å². The van der Waals surface area contributed by atoms with E-state index in [1.807, 2.05) is 0 Å². The monoisotopic (exact) mass is 244 g/mol. The summed E-state index contributed by atoms with van der Waals surface area (Å²) in [5, 5.41) is 3.52. The van der Waals surface area contributed by atoms with Gasteiger partial charge in [-0.15, -0.1) is 0 Å². The molecule has 17 heavy (non-hydrogen) atoms. The van der Waals surface area contributed by atoms with Crippen LogP contribution in [0.25, 0.3) is 0 Å². The maximum absolute atomic E-state index is 5.62. The first-order valence-electron chi connectivity index (χ1n) is 6.78. The van der Waals surface area contributed by atoms with Gasteiger partial charge in [0.1, 0.15) is 0 Å². The van der Waals surface area contributed by atoms with Crippen molar-refractivity contribution in [1.82, 2.24) is 10.2 Å². The molecule has 1 saturated heterocycles. The molecule has 1 aliphatic rings. The van der Waals surface area contributed by atoms with Gasteiger partial charge in [-0.2, -0.15) is 0 Å². The van der Waals surface area contributed by atoms with E-state index in [9.17, 15) is 0 Å². The van der Waals surface area contributed by atoms with E-state index in [1.165, 1.54) is 6.42 Å². The molecule has 1 rings (SSSR count). The number of hydrogen-bond acceptors (Lipinski definition) is 4. The summed E-state index contributed by atoms with van der Waals surface area (Å²) in [6.07, 6.45) is 2.22. The molecule has 0 saturated carbocycles. The van der Waals surface area contributed by atoms with E-state index in [4.69, 9.17) is 9.47 Å². The van der Waals surface area contributed by atoms with Crippen LogP contribution in [0.3, 0.4) is 0 Å². The van der Waals surface area contributed by atoms with Crippen LogP contribution in [0.2, 0.25) is 0 Å². The third kappa shape index (κ3) is 6.36. The Kier molecular flexibility index (Phi) is 7.77. The van der Waals surface area contributed by atoms with Crippen molar-refractivity contribution < 1.29 is 9.47 Å². The zero-order valence-corrected chi connectivity index (χ0v) is 11.6. The lowest BCUT2D eigenvalue weighted by atomic mass is 10.2. The normalized spacial score (nSPS) is 27.0. The van der Waals surface area contributed by atoms with E-state index < -0.39 is 0 Å². The van der Waals surface area contributed by atoms with Gasteiger partial charge in [0, 0.05) is 45.5 Å². The smallest absolute Gasteiger partial charge is 0.0593 e. The Morgan fingerprint density at radius 3 is 2.82 bits per heavy atom. The summed E-state index contributed by atoms with van der Waals surface area (Å²) in [5.41, 5.74) is 0. The lowest BCUT2D eigenvalue weighted by Crippen LogP contribution is -2.40. The van der Waals surface area contributed by atoms with Gasteiger partial charge in [-0.05, 0) is 33.2 Å². The molecule has 0 aromatic rings. The lowest BCUT2D eigenvalue weighted by Gasteiger charge is -2.27. The van der Waals surface area contributed by atoms with E-state index in [0.717, 1.165) is 45.9 Å². The molecule has 1 aliphatic heterocycles. The van der Waals surface area contributed by atoms with Gasteiger partial charge in [0.2, 0.25) is 0 Å². The van der Waals surface area contributed by atoms with Crippen LogP contribution >= 0.6 is 0 Å². The van der Waals surface area contributed by atoms with Crippen molar-refractivity contribution in [1.29, 1.82) is 0 Å². The summed E-state index contributed by atoms with van der Waals surface area (Å²) in [4.78, 5) is 2.53. The molecular formula is C13H28N2O2. The first-order valence-corrected chi connectivity index (χ1v) is 6.78. The Balaban J connectivity index is 2.11. The van der Waals surface area contributed by atoms with Gasteiger partial charge in [0.15, 0.2) is 0 Å². The molecule has 2 atom stereocenters. The number of nitrogens with one attached hydrogen (secondary N) is 1. The van der Waals surface area contributed by atoms with Gasteiger partial charge in [-0.25, -0.2) is 0 Å². The van der Waals surface area contributed by atoms with Gasteiger partial charge in [0.05, 0.1) is 6.61 Å². The molecule has 0 radical (unpaired) electrons. The molecule has 0 aromatic heterocycles. The maximum Gasteiger partial charge on any atom is 0.0593 e. The Morgan fingerprint density at radius 1 is 1.24 bits per heavy atom. The average Bonchev–Trinajstić information content (AvgIpc) is 2.46. The van der Waals surface area contributed by atoms with E-state index >= 15 is 0 Å². The average molecular weight is 244 g/mol. The van der Waals surface area contributed by atoms with Gasteiger partial charge in [0.25, 0.3) is 0 Å². The number of rotatable bonds is 7. The molecule has 0 spiro atoms. The molecule has 2 unspecified atom stereocenters. The highest BCUT2D eigenvalue weighted by atomic mass is 16.5. The van der Waals surface area contributed by atoms with Crippen molar-refractivity contribution in [2.24, 2.45) is 0 Å². The summed E-state index contributed by atoms with van der Waals surface area (Å²) in [6, 6.07) is 1.25. The highest BCUT2D eigenvalue weighted by Crippen LogP contribution is 2.08. The molecular weight excluding hydrogens is 216 g/mol. The molecule has 0 amide bonds. The SMILES string of the molecule is COCCCOCCN1CC(C)NCCC1C. The number of ether oxygens (including phenoxy) is 2. The zero-order chi connectivity index (χ0) is 12.5. The first kappa shape index (κ1) is 14.9. The fourth-order valence-corrected chi connectivity index (χ4v) is 2.22. The second-order valence-corrected chi connectivity index (χ2v) is 4.95. The zero-order valence-electron chi connectivity index (χ0n) is 11.6. The summed E-state index contributed by atoms with van der Waals surface area (Å²) >= 11 is 0. The van der Waals surface area contributed by atoms with Gasteiger partial charge in [-0.3, -0.25) is 4.90 Å². The minimum Gasteiger partial charge on any atom is -0.385 e. The van der Waals surface area contributed by atoms with E-state index in [-0.39, 0.29) is 0 Å². The van der Waals surface area contributed by atoms with Crippen molar-refractivity contribution in [2.75, 3.05) is 46.6 Å². The van der Waals surface area contributed by atoms with E-state index in [0.29, 0.717) is 12.1 Å². The Bertz CT molecular complexity index is 190. The van der Waals surface area contributed by atoms with E-state index in [1.54, 1.807) is 7.11 Å². The van der Waals surface area contributed by atoms with Crippen LogP contribution < -0.4 is 5.32 Å². The van der Waals surface area contributed by atoms with Gasteiger partial charge < -0.3 is 14.8 Å². The fourth-order valence-electron chi connectivity index (χ4n) is 2.22. The minimum atomic E-state index is 0.591. The topological polar surface area (TPSA) is 33.7 Å². The van der Waals surface area contributed by atoms with E-state index in [2.05, 4.69) is 24.1 Å². The fraction of sp³-hybridized carbons (Fsp3) is 1.00. The van der Waals surface area contributed by atoms with Crippen molar-refractivity contribution in [3.05, 3.63) is 0 Å². The third-order valence-corrected chi connectivity index (χ3v) is 3.35. The number of nitrogens with zero attached hydrogens (tertiary/aromatic N) is 1. The highest BCUT2D eigenvalue weighted by Gasteiger charge is 2.19. The summed E-state index contributed by atoms with van der Waals surface area (Å²) in [7, 11) is 1.73. The maximum atomic E-state index is 5.62. The Morgan fingerprint density at radius 2 is 2.06 bits per heavy atom. The van der Waals surface area contributed by atoms with Gasteiger partial charge in [-0.1, -0.05) is 0 Å². The molecule has 0 aliphatic carbocycles. The standard InChI is InChI=1S/C13H28N2O2/c1-12-11-15(13(2)5-6-14-12)7-10-17-9-4-8-16-3/h12-14H,4-11H2,1-3H3. The Hall–Kier alpha value is -0.160. The summed E-state index contributed by atoms with van der Waals surface area (Å²) in [6.45, 7) is 10.3. The molecule has 4 heteroatoms. The lowest BCUT2D eigenvalue weighted by molar-refractivity contribution is 0.0741. The third-order valence-electron chi connectivity index (χ3n) is 3.35. The highest BCUT2D eigenvalue weighted by molar-refractivity contribution is 4.78. The molecule has 1 N–H and O–H groups in total. The predicted octanol–water partition coefficient (Wildman–Crippen LogP) is 1.11. The largest absolute Gasteiger partial charge is 0.385 e. The van der Waals surface area contributed by atoms with Crippen molar-refractivity contribution >= 4 is 0 Å². The van der Waals surface area contributed by atoms with Crippen LogP contribution in [-0.4, -0.2) is 63.5 Å². The Labute approximate surface area is 106 Å². The van der Waals surface area contributed by atoms with Crippen LogP contribution in [0.1, 0.15) is 26.7 Å². The van der Waals surface area contributed by atoms with Gasteiger partial charge >= 0.3 is 0 Å². The van der Waals surface area contributed by atoms with Crippen molar-refractivity contribution in [2.45, 2.75) is 38.8 Å². The molecule has 1 fully saturated rings. The van der Waals surface area contributed by atoms with Crippen LogP contribution in [-0.2, 0) is 9.47 Å². The molecule has 4 nitrogen and oxygen atoms in total. The number of hydrogen-bond donors (Lipinski definition) is 1. The summed E-state index contributed by atoms with van der Waals surface area (Å²) < 4.78 is 10.6. The van der Waals surface area contributed by atoms with Crippen LogP contribution in [0.15, 0.2) is 0 Å². The minimum absolute atomic E-state index is 0.591. The van der Waals surface area contributed by atoms with Crippen molar-refractivity contribution in [3.8, 4) is 0 Å². The molecule has 102 valence electrons. The van der Waals surface area contributed by atoms with Crippen LogP contribution in [0, 0.1) is 0 Å². The second kappa shape index (κ2) is 8.86. The van der Waals surface area contributed by atoms with Crippen molar-refractivity contribution in [3.63, 3.8) is 0 Å². The quantitative estimate of drug-likeness (QED) is 0.680.